The van der Waals surface area contributed by atoms with Crippen molar-refractivity contribution in [3.63, 3.8) is 0 Å². The van der Waals surface area contributed by atoms with Gasteiger partial charge in [-0.2, -0.15) is 0 Å². The number of amides is 1. The molecule has 0 bridgehead atoms. The monoisotopic (exact) mass is 289 g/mol. The van der Waals surface area contributed by atoms with Crippen LogP contribution in [0.1, 0.15) is 5.56 Å². The Morgan fingerprint density at radius 2 is 2.26 bits per heavy atom. The van der Waals surface area contributed by atoms with Crippen LogP contribution in [0.5, 0.6) is 0 Å². The molecule has 1 heterocycles. The van der Waals surface area contributed by atoms with Crippen molar-refractivity contribution in [3.8, 4) is 0 Å². The van der Waals surface area contributed by atoms with Crippen molar-refractivity contribution in [2.75, 3.05) is 25.6 Å². The fourth-order valence-corrected chi connectivity index (χ4v) is 2.17. The number of hydrogen-bond donors (Lipinski definition) is 0. The van der Waals surface area contributed by atoms with Gasteiger partial charge >= 0.3 is 0 Å². The Bertz CT molecular complexity index is 470. The average Bonchev–Trinajstić information content (AvgIpc) is 2.42. The van der Waals surface area contributed by atoms with Crippen molar-refractivity contribution in [1.82, 2.24) is 4.90 Å². The minimum atomic E-state index is -0.699. The molecule has 2 rings (SSSR count). The van der Waals surface area contributed by atoms with Gasteiger partial charge in [-0.1, -0.05) is 6.07 Å². The Kier molecular flexibility index (Phi) is 4.71. The van der Waals surface area contributed by atoms with Crippen LogP contribution in [-0.4, -0.2) is 42.5 Å². The Hall–Kier alpha value is -1.20. The highest BCUT2D eigenvalue weighted by Gasteiger charge is 2.24. The molecule has 0 saturated carbocycles. The molecule has 0 aromatic heterocycles. The van der Waals surface area contributed by atoms with Crippen LogP contribution in [0.25, 0.3) is 0 Å². The summed E-state index contributed by atoms with van der Waals surface area (Å²) in [5.74, 6) is -1.24. The molecule has 19 heavy (non-hydrogen) atoms. The molecule has 0 N–H and O–H groups in total. The van der Waals surface area contributed by atoms with Gasteiger partial charge in [0.15, 0.2) is 0 Å². The minimum absolute atomic E-state index is 0.0822. The standard InChI is InChI=1S/C13H14ClF2NO2/c14-7-11-8-17(3-4-19-11)13(18)5-9-1-2-10(15)6-12(9)16/h1-2,6,11H,3-5,7-8H2. The largest absolute Gasteiger partial charge is 0.373 e. The van der Waals surface area contributed by atoms with E-state index in [0.717, 1.165) is 12.1 Å². The maximum absolute atomic E-state index is 13.5. The molecule has 0 aliphatic carbocycles. The lowest BCUT2D eigenvalue weighted by Gasteiger charge is -2.32. The second-order valence-corrected chi connectivity index (χ2v) is 4.71. The number of morpholine rings is 1. The molecule has 1 amide bonds. The van der Waals surface area contributed by atoms with Gasteiger partial charge in [0, 0.05) is 19.2 Å². The van der Waals surface area contributed by atoms with E-state index in [1.54, 1.807) is 4.90 Å². The number of carbonyl (C=O) groups is 1. The summed E-state index contributed by atoms with van der Waals surface area (Å²) in [7, 11) is 0. The fraction of sp³-hybridized carbons (Fsp3) is 0.462. The predicted molar refractivity (Wildman–Crippen MR) is 67.1 cm³/mol. The zero-order valence-corrected chi connectivity index (χ0v) is 11.0. The quantitative estimate of drug-likeness (QED) is 0.796. The van der Waals surface area contributed by atoms with Crippen LogP contribution in [0.3, 0.4) is 0 Å². The van der Waals surface area contributed by atoms with Crippen LogP contribution >= 0.6 is 11.6 Å². The molecule has 0 radical (unpaired) electrons. The summed E-state index contributed by atoms with van der Waals surface area (Å²) in [6.07, 6.45) is -0.265. The Morgan fingerprint density at radius 3 is 2.95 bits per heavy atom. The SMILES string of the molecule is O=C(Cc1ccc(F)cc1F)N1CCOC(CCl)C1. The molecule has 1 atom stereocenters. The van der Waals surface area contributed by atoms with Crippen LogP contribution < -0.4 is 0 Å². The molecule has 104 valence electrons. The first-order chi connectivity index (χ1) is 9.10. The molecular weight excluding hydrogens is 276 g/mol. The number of alkyl halides is 1. The number of nitrogens with zero attached hydrogens (tertiary/aromatic N) is 1. The van der Waals surface area contributed by atoms with Crippen LogP contribution in [0.15, 0.2) is 18.2 Å². The van der Waals surface area contributed by atoms with E-state index in [1.165, 1.54) is 6.07 Å². The Labute approximate surface area is 115 Å². The minimum Gasteiger partial charge on any atom is -0.373 e. The van der Waals surface area contributed by atoms with Gasteiger partial charge < -0.3 is 9.64 Å². The van der Waals surface area contributed by atoms with Gasteiger partial charge in [0.25, 0.3) is 0 Å². The van der Waals surface area contributed by atoms with Crippen molar-refractivity contribution in [1.29, 1.82) is 0 Å². The summed E-state index contributed by atoms with van der Waals surface area (Å²) in [6.45, 7) is 1.30. The average molecular weight is 290 g/mol. The topological polar surface area (TPSA) is 29.5 Å². The number of hydrogen-bond acceptors (Lipinski definition) is 2. The molecule has 1 saturated heterocycles. The molecule has 1 aliphatic heterocycles. The van der Waals surface area contributed by atoms with E-state index in [2.05, 4.69) is 0 Å². The first kappa shape index (κ1) is 14.2. The first-order valence-corrected chi connectivity index (χ1v) is 6.53. The van der Waals surface area contributed by atoms with Crippen molar-refractivity contribution < 1.29 is 18.3 Å². The zero-order chi connectivity index (χ0) is 13.8. The molecule has 1 aliphatic rings. The summed E-state index contributed by atoms with van der Waals surface area (Å²) in [6, 6.07) is 3.22. The molecule has 0 spiro atoms. The lowest BCUT2D eigenvalue weighted by atomic mass is 10.1. The lowest BCUT2D eigenvalue weighted by molar-refractivity contribution is -0.137. The van der Waals surface area contributed by atoms with E-state index in [0.29, 0.717) is 25.6 Å². The number of rotatable bonds is 3. The van der Waals surface area contributed by atoms with Crippen molar-refractivity contribution in [2.24, 2.45) is 0 Å². The van der Waals surface area contributed by atoms with Gasteiger partial charge in [-0.15, -0.1) is 11.6 Å². The van der Waals surface area contributed by atoms with E-state index >= 15 is 0 Å². The molecule has 1 aromatic rings. The highest BCUT2D eigenvalue weighted by atomic mass is 35.5. The van der Waals surface area contributed by atoms with E-state index in [1.807, 2.05) is 0 Å². The highest BCUT2D eigenvalue weighted by Crippen LogP contribution is 2.13. The van der Waals surface area contributed by atoms with E-state index in [-0.39, 0.29) is 24.0 Å². The predicted octanol–water partition coefficient (Wildman–Crippen LogP) is 1.97. The maximum atomic E-state index is 13.5. The summed E-state index contributed by atoms with van der Waals surface area (Å²) >= 11 is 5.69. The molecule has 1 unspecified atom stereocenters. The highest BCUT2D eigenvalue weighted by molar-refractivity contribution is 6.18. The third kappa shape index (κ3) is 3.64. The number of ether oxygens (including phenoxy) is 1. The maximum Gasteiger partial charge on any atom is 0.227 e. The lowest BCUT2D eigenvalue weighted by Crippen LogP contribution is -2.46. The summed E-state index contributed by atoms with van der Waals surface area (Å²) < 4.78 is 31.6. The second kappa shape index (κ2) is 6.30. The third-order valence-corrected chi connectivity index (χ3v) is 3.36. The smallest absolute Gasteiger partial charge is 0.227 e. The van der Waals surface area contributed by atoms with E-state index in [9.17, 15) is 13.6 Å². The molecule has 1 aromatic carbocycles. The number of benzene rings is 1. The van der Waals surface area contributed by atoms with Crippen molar-refractivity contribution >= 4 is 17.5 Å². The fourth-order valence-electron chi connectivity index (χ4n) is 1.98. The number of carbonyl (C=O) groups excluding carboxylic acids is 1. The van der Waals surface area contributed by atoms with Crippen LogP contribution in [0.4, 0.5) is 8.78 Å². The molecular formula is C13H14ClF2NO2. The molecule has 6 heteroatoms. The summed E-state index contributed by atoms with van der Waals surface area (Å²) in [5, 5.41) is 0. The Balaban J connectivity index is 2.00. The second-order valence-electron chi connectivity index (χ2n) is 4.40. The van der Waals surface area contributed by atoms with Crippen molar-refractivity contribution in [2.45, 2.75) is 12.5 Å². The van der Waals surface area contributed by atoms with Gasteiger partial charge in [-0.05, 0) is 11.6 Å². The van der Waals surface area contributed by atoms with Gasteiger partial charge in [0.2, 0.25) is 5.91 Å². The summed E-state index contributed by atoms with van der Waals surface area (Å²) in [4.78, 5) is 13.6. The van der Waals surface area contributed by atoms with Crippen LogP contribution in [0.2, 0.25) is 0 Å². The van der Waals surface area contributed by atoms with Gasteiger partial charge in [0.1, 0.15) is 11.6 Å². The molecule has 3 nitrogen and oxygen atoms in total. The van der Waals surface area contributed by atoms with Gasteiger partial charge in [-0.3, -0.25) is 4.79 Å². The molecule has 1 fully saturated rings. The number of halogens is 3. The first-order valence-electron chi connectivity index (χ1n) is 5.99. The normalized spacial score (nSPS) is 19.5. The van der Waals surface area contributed by atoms with E-state index in [4.69, 9.17) is 16.3 Å². The third-order valence-electron chi connectivity index (χ3n) is 3.02. The van der Waals surface area contributed by atoms with E-state index < -0.39 is 11.6 Å². The van der Waals surface area contributed by atoms with Gasteiger partial charge in [-0.25, -0.2) is 8.78 Å². The Morgan fingerprint density at radius 1 is 1.47 bits per heavy atom. The van der Waals surface area contributed by atoms with Crippen LogP contribution in [0, 0.1) is 11.6 Å². The van der Waals surface area contributed by atoms with Crippen molar-refractivity contribution in [3.05, 3.63) is 35.4 Å². The van der Waals surface area contributed by atoms with Crippen LogP contribution in [-0.2, 0) is 16.0 Å². The summed E-state index contributed by atoms with van der Waals surface area (Å²) in [5.41, 5.74) is 0.195. The van der Waals surface area contributed by atoms with Gasteiger partial charge in [0.05, 0.1) is 25.0 Å². The zero-order valence-electron chi connectivity index (χ0n) is 10.2.